The van der Waals surface area contributed by atoms with Crippen molar-refractivity contribution in [2.75, 3.05) is 7.05 Å². The van der Waals surface area contributed by atoms with Gasteiger partial charge in [0.05, 0.1) is 5.70 Å². The van der Waals surface area contributed by atoms with E-state index >= 15 is 0 Å². The van der Waals surface area contributed by atoms with Crippen LogP contribution in [0, 0.1) is 5.92 Å². The molecular formula is C21H32N2. The molecule has 0 rings (SSSR count). The van der Waals surface area contributed by atoms with Crippen molar-refractivity contribution < 1.29 is 0 Å². The van der Waals surface area contributed by atoms with Crippen molar-refractivity contribution in [3.05, 3.63) is 83.9 Å². The number of allylic oxidation sites excluding steroid dienone is 8. The van der Waals surface area contributed by atoms with Crippen LogP contribution >= 0.6 is 0 Å². The molecule has 23 heavy (non-hydrogen) atoms. The third-order valence-electron chi connectivity index (χ3n) is 3.44. The first kappa shape index (κ1) is 20.8. The number of likely N-dealkylation sites (N-methyl/N-ethyl adjacent to an activating group) is 1. The van der Waals surface area contributed by atoms with Crippen LogP contribution in [-0.2, 0) is 0 Å². The maximum absolute atomic E-state index is 4.14. The van der Waals surface area contributed by atoms with Gasteiger partial charge in [-0.05, 0) is 50.0 Å². The van der Waals surface area contributed by atoms with E-state index in [1.807, 2.05) is 39.1 Å². The highest BCUT2D eigenvalue weighted by Gasteiger charge is 2.05. The smallest absolute Gasteiger partial charge is 0.0531 e. The highest BCUT2D eigenvalue weighted by Crippen LogP contribution is 2.18. The van der Waals surface area contributed by atoms with Crippen LogP contribution < -0.4 is 10.6 Å². The van der Waals surface area contributed by atoms with Gasteiger partial charge in [-0.15, -0.1) is 0 Å². The predicted octanol–water partition coefficient (Wildman–Crippen LogP) is 5.39. The summed E-state index contributed by atoms with van der Waals surface area (Å²) in [6.45, 7) is 22.3. The summed E-state index contributed by atoms with van der Waals surface area (Å²) in [5, 5.41) is 6.53. The molecule has 0 spiro atoms. The Morgan fingerprint density at radius 1 is 1.09 bits per heavy atom. The molecule has 0 aromatic carbocycles. The Labute approximate surface area is 142 Å². The molecule has 0 aliphatic rings. The first-order chi connectivity index (χ1) is 10.8. The van der Waals surface area contributed by atoms with Gasteiger partial charge in [0, 0.05) is 18.4 Å². The van der Waals surface area contributed by atoms with E-state index in [4.69, 9.17) is 0 Å². The van der Waals surface area contributed by atoms with Crippen LogP contribution in [0.15, 0.2) is 83.9 Å². The Hall–Kier alpha value is -2.22. The van der Waals surface area contributed by atoms with E-state index in [1.54, 1.807) is 0 Å². The van der Waals surface area contributed by atoms with Gasteiger partial charge in [-0.3, -0.25) is 0 Å². The maximum atomic E-state index is 4.14. The summed E-state index contributed by atoms with van der Waals surface area (Å²) in [7, 11) is 1.90. The molecule has 126 valence electrons. The van der Waals surface area contributed by atoms with Crippen LogP contribution in [0.1, 0.15) is 34.6 Å². The van der Waals surface area contributed by atoms with E-state index < -0.39 is 0 Å². The standard InChI is InChI=1S/C21H32N2/c1-10-19(16(5)6)14-20(11-2)17(7)23-18(8)21(22-9)13-12-15(3)4/h10-14,16,22-23H,2-3,7H2,1,4-6,8-9H3/b13-12-,19-10+,20-14-,21-18-. The summed E-state index contributed by atoms with van der Waals surface area (Å²) in [5.41, 5.74) is 6.08. The van der Waals surface area contributed by atoms with Gasteiger partial charge in [0.1, 0.15) is 0 Å². The SMILES string of the molecule is C=C/C(=C/C(=C\C)C(C)C)C(=C)N/C(C)=C(/C=C\C(=C)C)NC. The maximum Gasteiger partial charge on any atom is 0.0531 e. The van der Waals surface area contributed by atoms with Crippen molar-refractivity contribution in [1.29, 1.82) is 0 Å². The molecule has 0 aliphatic heterocycles. The van der Waals surface area contributed by atoms with E-state index in [0.29, 0.717) is 5.92 Å². The van der Waals surface area contributed by atoms with Crippen molar-refractivity contribution in [2.45, 2.75) is 34.6 Å². The van der Waals surface area contributed by atoms with Crippen LogP contribution in [0.3, 0.4) is 0 Å². The fourth-order valence-electron chi connectivity index (χ4n) is 2.02. The zero-order valence-electron chi connectivity index (χ0n) is 15.6. The third kappa shape index (κ3) is 7.55. The fraction of sp³-hybridized carbons (Fsp3) is 0.333. The molecular weight excluding hydrogens is 280 g/mol. The molecule has 0 radical (unpaired) electrons. The highest BCUT2D eigenvalue weighted by molar-refractivity contribution is 5.43. The molecule has 0 saturated heterocycles. The van der Waals surface area contributed by atoms with Crippen molar-refractivity contribution >= 4 is 0 Å². The van der Waals surface area contributed by atoms with Gasteiger partial charge in [-0.1, -0.05) is 57.4 Å². The van der Waals surface area contributed by atoms with Crippen LogP contribution in [0.25, 0.3) is 0 Å². The van der Waals surface area contributed by atoms with Crippen molar-refractivity contribution in [3.8, 4) is 0 Å². The molecule has 2 N–H and O–H groups in total. The van der Waals surface area contributed by atoms with Gasteiger partial charge in [-0.25, -0.2) is 0 Å². The number of hydrogen-bond acceptors (Lipinski definition) is 2. The Balaban J connectivity index is 5.39. The lowest BCUT2D eigenvalue weighted by Gasteiger charge is -2.15. The molecule has 0 atom stereocenters. The van der Waals surface area contributed by atoms with E-state index in [2.05, 4.69) is 63.3 Å². The van der Waals surface area contributed by atoms with Gasteiger partial charge in [0.25, 0.3) is 0 Å². The van der Waals surface area contributed by atoms with Crippen LogP contribution in [0.2, 0.25) is 0 Å². The zero-order chi connectivity index (χ0) is 18.0. The minimum absolute atomic E-state index is 0.464. The lowest BCUT2D eigenvalue weighted by Crippen LogP contribution is -2.17. The average Bonchev–Trinajstić information content (AvgIpc) is 2.48. The molecule has 0 bridgehead atoms. The molecule has 2 heteroatoms. The molecule has 0 aromatic rings. The Kier molecular flexibility index (Phi) is 9.48. The van der Waals surface area contributed by atoms with Crippen LogP contribution in [-0.4, -0.2) is 7.05 Å². The first-order valence-electron chi connectivity index (χ1n) is 7.95. The molecule has 0 saturated carbocycles. The third-order valence-corrected chi connectivity index (χ3v) is 3.44. The predicted molar refractivity (Wildman–Crippen MR) is 105 cm³/mol. The fourth-order valence-corrected chi connectivity index (χ4v) is 2.02. The Bertz CT molecular complexity index is 567. The van der Waals surface area contributed by atoms with Gasteiger partial charge < -0.3 is 10.6 Å². The lowest BCUT2D eigenvalue weighted by molar-refractivity contribution is 0.788. The quantitative estimate of drug-likeness (QED) is 0.558. The average molecular weight is 313 g/mol. The summed E-state index contributed by atoms with van der Waals surface area (Å²) in [6, 6.07) is 0. The minimum atomic E-state index is 0.464. The lowest BCUT2D eigenvalue weighted by atomic mass is 9.99. The van der Waals surface area contributed by atoms with Crippen LogP contribution in [0.4, 0.5) is 0 Å². The van der Waals surface area contributed by atoms with E-state index in [-0.39, 0.29) is 0 Å². The molecule has 0 fully saturated rings. The second kappa shape index (κ2) is 10.5. The summed E-state index contributed by atoms with van der Waals surface area (Å²) in [6.07, 6.45) is 10.1. The molecule has 0 amide bonds. The van der Waals surface area contributed by atoms with Gasteiger partial charge in [0.15, 0.2) is 0 Å². The summed E-state index contributed by atoms with van der Waals surface area (Å²) >= 11 is 0. The van der Waals surface area contributed by atoms with Crippen molar-refractivity contribution in [3.63, 3.8) is 0 Å². The van der Waals surface area contributed by atoms with Crippen molar-refractivity contribution in [2.24, 2.45) is 5.92 Å². The van der Waals surface area contributed by atoms with E-state index in [0.717, 1.165) is 28.2 Å². The molecule has 0 heterocycles. The highest BCUT2D eigenvalue weighted by atomic mass is 14.9. The van der Waals surface area contributed by atoms with Gasteiger partial charge >= 0.3 is 0 Å². The minimum Gasteiger partial charge on any atom is -0.387 e. The monoisotopic (exact) mass is 312 g/mol. The zero-order valence-corrected chi connectivity index (χ0v) is 15.6. The molecule has 2 nitrogen and oxygen atoms in total. The number of hydrogen-bond donors (Lipinski definition) is 2. The summed E-state index contributed by atoms with van der Waals surface area (Å²) in [5.74, 6) is 0.464. The van der Waals surface area contributed by atoms with Gasteiger partial charge in [-0.2, -0.15) is 0 Å². The summed E-state index contributed by atoms with van der Waals surface area (Å²) in [4.78, 5) is 0. The van der Waals surface area contributed by atoms with Crippen molar-refractivity contribution in [1.82, 2.24) is 10.6 Å². The molecule has 0 aromatic heterocycles. The van der Waals surface area contributed by atoms with Crippen LogP contribution in [0.5, 0.6) is 0 Å². The first-order valence-corrected chi connectivity index (χ1v) is 7.95. The normalized spacial score (nSPS) is 13.9. The van der Waals surface area contributed by atoms with E-state index in [9.17, 15) is 0 Å². The second-order valence-electron chi connectivity index (χ2n) is 5.82. The number of nitrogens with one attached hydrogen (secondary N) is 2. The Morgan fingerprint density at radius 2 is 1.70 bits per heavy atom. The Morgan fingerprint density at radius 3 is 2.09 bits per heavy atom. The topological polar surface area (TPSA) is 24.1 Å². The van der Waals surface area contributed by atoms with Gasteiger partial charge in [0.2, 0.25) is 0 Å². The molecule has 0 unspecified atom stereocenters. The second-order valence-corrected chi connectivity index (χ2v) is 5.82. The largest absolute Gasteiger partial charge is 0.387 e. The summed E-state index contributed by atoms with van der Waals surface area (Å²) < 4.78 is 0. The molecule has 0 aliphatic carbocycles. The van der Waals surface area contributed by atoms with E-state index in [1.165, 1.54) is 5.57 Å². The number of rotatable bonds is 9.